The second kappa shape index (κ2) is 3.99. The van der Waals surface area contributed by atoms with Crippen molar-refractivity contribution in [3.8, 4) is 0 Å². The van der Waals surface area contributed by atoms with Crippen LogP contribution in [0.25, 0.3) is 5.76 Å². The summed E-state index contributed by atoms with van der Waals surface area (Å²) in [6.07, 6.45) is 0. The van der Waals surface area contributed by atoms with Gasteiger partial charge in [0.2, 0.25) is 0 Å². The molecule has 0 saturated heterocycles. The third-order valence-electron chi connectivity index (χ3n) is 1.91. The predicted octanol–water partition coefficient (Wildman–Crippen LogP) is 2.58. The van der Waals surface area contributed by atoms with E-state index in [0.29, 0.717) is 12.4 Å². The first kappa shape index (κ1) is 9.65. The Labute approximate surface area is 79.0 Å². The summed E-state index contributed by atoms with van der Waals surface area (Å²) in [6, 6.07) is 5.77. The summed E-state index contributed by atoms with van der Waals surface area (Å²) in [7, 11) is 0. The zero-order chi connectivity index (χ0) is 9.84. The first-order valence-corrected chi connectivity index (χ1v) is 4.33. The number of rotatable bonds is 3. The number of nitrogen functional groups attached to an aromatic ring is 1. The number of benzene rings is 1. The second-order valence-corrected chi connectivity index (χ2v) is 2.93. The van der Waals surface area contributed by atoms with Gasteiger partial charge in [-0.25, -0.2) is 0 Å². The molecule has 0 aromatic heterocycles. The van der Waals surface area contributed by atoms with Gasteiger partial charge in [-0.05, 0) is 37.6 Å². The molecule has 0 unspecified atom stereocenters. The van der Waals surface area contributed by atoms with Crippen LogP contribution in [0.2, 0.25) is 0 Å². The van der Waals surface area contributed by atoms with E-state index in [0.717, 1.165) is 16.8 Å². The smallest absolute Gasteiger partial charge is 0.119 e. The molecule has 0 saturated carbocycles. The second-order valence-electron chi connectivity index (χ2n) is 2.93. The van der Waals surface area contributed by atoms with Crippen molar-refractivity contribution in [2.24, 2.45) is 0 Å². The monoisotopic (exact) mass is 177 g/mol. The van der Waals surface area contributed by atoms with E-state index in [-0.39, 0.29) is 0 Å². The fourth-order valence-corrected chi connectivity index (χ4v) is 1.11. The van der Waals surface area contributed by atoms with Crippen molar-refractivity contribution in [2.45, 2.75) is 13.8 Å². The van der Waals surface area contributed by atoms with Crippen LogP contribution in [0.1, 0.15) is 18.1 Å². The van der Waals surface area contributed by atoms with E-state index >= 15 is 0 Å². The largest absolute Gasteiger partial charge is 0.494 e. The number of hydrogen-bond acceptors (Lipinski definition) is 2. The lowest BCUT2D eigenvalue weighted by atomic mass is 10.1. The number of nitrogens with two attached hydrogens (primary N) is 1. The van der Waals surface area contributed by atoms with Crippen molar-refractivity contribution in [1.82, 2.24) is 0 Å². The molecule has 0 heterocycles. The molecule has 0 spiro atoms. The fraction of sp³-hybridized carbons (Fsp3) is 0.273. The van der Waals surface area contributed by atoms with Crippen LogP contribution in [-0.2, 0) is 4.74 Å². The number of ether oxygens (including phenoxy) is 1. The van der Waals surface area contributed by atoms with Gasteiger partial charge in [-0.1, -0.05) is 6.58 Å². The molecule has 0 aliphatic rings. The first-order valence-electron chi connectivity index (χ1n) is 4.33. The fourth-order valence-electron chi connectivity index (χ4n) is 1.11. The van der Waals surface area contributed by atoms with Gasteiger partial charge in [-0.2, -0.15) is 0 Å². The van der Waals surface area contributed by atoms with Crippen LogP contribution in [-0.4, -0.2) is 6.61 Å². The molecule has 0 bridgehead atoms. The van der Waals surface area contributed by atoms with Gasteiger partial charge in [-0.15, -0.1) is 0 Å². The highest BCUT2D eigenvalue weighted by Crippen LogP contribution is 2.18. The summed E-state index contributed by atoms with van der Waals surface area (Å²) in [5, 5.41) is 0. The Morgan fingerprint density at radius 1 is 1.54 bits per heavy atom. The Morgan fingerprint density at radius 3 is 2.77 bits per heavy atom. The maximum absolute atomic E-state index is 5.69. The van der Waals surface area contributed by atoms with Crippen molar-refractivity contribution in [2.75, 3.05) is 12.3 Å². The third kappa shape index (κ3) is 2.25. The molecule has 0 aliphatic heterocycles. The van der Waals surface area contributed by atoms with E-state index in [1.54, 1.807) is 0 Å². The van der Waals surface area contributed by atoms with Crippen LogP contribution in [0.3, 0.4) is 0 Å². The lowest BCUT2D eigenvalue weighted by Crippen LogP contribution is -1.93. The van der Waals surface area contributed by atoms with E-state index in [1.165, 1.54) is 0 Å². The number of anilines is 1. The molecule has 0 aliphatic carbocycles. The minimum atomic E-state index is 0.641. The lowest BCUT2D eigenvalue weighted by Gasteiger charge is -2.08. The molecule has 1 aromatic rings. The molecule has 2 N–H and O–H groups in total. The molecule has 1 aromatic carbocycles. The van der Waals surface area contributed by atoms with Gasteiger partial charge in [0.1, 0.15) is 5.76 Å². The summed E-state index contributed by atoms with van der Waals surface area (Å²) in [5.41, 5.74) is 8.54. The van der Waals surface area contributed by atoms with E-state index < -0.39 is 0 Å². The maximum atomic E-state index is 5.69. The average Bonchev–Trinajstić information content (AvgIpc) is 2.10. The van der Waals surface area contributed by atoms with Crippen molar-refractivity contribution in [1.29, 1.82) is 0 Å². The topological polar surface area (TPSA) is 35.2 Å². The van der Waals surface area contributed by atoms with E-state index in [4.69, 9.17) is 10.5 Å². The molecule has 0 amide bonds. The molecule has 1 rings (SSSR count). The van der Waals surface area contributed by atoms with Gasteiger partial charge in [0, 0.05) is 11.3 Å². The molecule has 70 valence electrons. The molecule has 2 heteroatoms. The lowest BCUT2D eigenvalue weighted by molar-refractivity contribution is 0.299. The van der Waals surface area contributed by atoms with Gasteiger partial charge in [-0.3, -0.25) is 0 Å². The third-order valence-corrected chi connectivity index (χ3v) is 1.91. The molecule has 0 atom stereocenters. The van der Waals surface area contributed by atoms with Gasteiger partial charge in [0.15, 0.2) is 0 Å². The maximum Gasteiger partial charge on any atom is 0.119 e. The molecule has 0 radical (unpaired) electrons. The summed E-state index contributed by atoms with van der Waals surface area (Å²) >= 11 is 0. The number of hydrogen-bond donors (Lipinski definition) is 1. The highest BCUT2D eigenvalue weighted by Gasteiger charge is 2.00. The normalized spacial score (nSPS) is 9.69. The quantitative estimate of drug-likeness (QED) is 0.569. The first-order chi connectivity index (χ1) is 6.15. The summed E-state index contributed by atoms with van der Waals surface area (Å²) in [6.45, 7) is 8.37. The van der Waals surface area contributed by atoms with Crippen LogP contribution in [0.15, 0.2) is 24.8 Å². The Hall–Kier alpha value is -1.44. The van der Waals surface area contributed by atoms with Crippen LogP contribution in [0.4, 0.5) is 5.69 Å². The van der Waals surface area contributed by atoms with Gasteiger partial charge in [0.25, 0.3) is 0 Å². The van der Waals surface area contributed by atoms with Crippen molar-refractivity contribution >= 4 is 11.4 Å². The molecule has 2 nitrogen and oxygen atoms in total. The predicted molar refractivity (Wildman–Crippen MR) is 56.3 cm³/mol. The van der Waals surface area contributed by atoms with E-state index in [2.05, 4.69) is 6.58 Å². The van der Waals surface area contributed by atoms with E-state index in [9.17, 15) is 0 Å². The average molecular weight is 177 g/mol. The summed E-state index contributed by atoms with van der Waals surface area (Å²) in [4.78, 5) is 0. The van der Waals surface area contributed by atoms with Crippen LogP contribution in [0.5, 0.6) is 0 Å². The molecular weight excluding hydrogens is 162 g/mol. The van der Waals surface area contributed by atoms with E-state index in [1.807, 2.05) is 32.0 Å². The van der Waals surface area contributed by atoms with Crippen molar-refractivity contribution in [3.05, 3.63) is 35.9 Å². The zero-order valence-corrected chi connectivity index (χ0v) is 8.13. The Bertz CT molecular complexity index is 318. The minimum absolute atomic E-state index is 0.641. The van der Waals surface area contributed by atoms with Crippen LogP contribution >= 0.6 is 0 Å². The van der Waals surface area contributed by atoms with Crippen LogP contribution in [0, 0.1) is 6.92 Å². The minimum Gasteiger partial charge on any atom is -0.494 e. The zero-order valence-electron chi connectivity index (χ0n) is 8.13. The molecular formula is C11H15NO. The SMILES string of the molecule is C=C(OCC)c1ccc(N)c(C)c1. The highest BCUT2D eigenvalue weighted by atomic mass is 16.5. The Morgan fingerprint density at radius 2 is 2.23 bits per heavy atom. The van der Waals surface area contributed by atoms with Crippen molar-refractivity contribution < 1.29 is 4.74 Å². The highest BCUT2D eigenvalue weighted by molar-refractivity contribution is 5.62. The van der Waals surface area contributed by atoms with Crippen LogP contribution < -0.4 is 5.73 Å². The Kier molecular flexibility index (Phi) is 2.96. The molecule has 0 fully saturated rings. The number of aryl methyl sites for hydroxylation is 1. The summed E-state index contributed by atoms with van der Waals surface area (Å²) in [5.74, 6) is 0.700. The summed E-state index contributed by atoms with van der Waals surface area (Å²) < 4.78 is 5.29. The van der Waals surface area contributed by atoms with Crippen molar-refractivity contribution in [3.63, 3.8) is 0 Å². The van der Waals surface area contributed by atoms with Gasteiger partial charge < -0.3 is 10.5 Å². The Balaban J connectivity index is 2.90. The standard InChI is InChI=1S/C11H15NO/c1-4-13-9(3)10-5-6-11(12)8(2)7-10/h5-7H,3-4,12H2,1-2H3. The molecule has 13 heavy (non-hydrogen) atoms. The van der Waals surface area contributed by atoms with Gasteiger partial charge in [0.05, 0.1) is 6.61 Å². The van der Waals surface area contributed by atoms with Gasteiger partial charge >= 0.3 is 0 Å².